The highest BCUT2D eigenvalue weighted by Crippen LogP contribution is 2.22. The molecule has 132 valence electrons. The summed E-state index contributed by atoms with van der Waals surface area (Å²) >= 11 is 0. The molecule has 0 heterocycles. The van der Waals surface area contributed by atoms with Crippen molar-refractivity contribution >= 4 is 11.8 Å². The summed E-state index contributed by atoms with van der Waals surface area (Å²) in [5.41, 5.74) is -1.19. The summed E-state index contributed by atoms with van der Waals surface area (Å²) in [6.45, 7) is 10.2. The molecule has 0 fully saturated rings. The first-order chi connectivity index (χ1) is 10.4. The van der Waals surface area contributed by atoms with Gasteiger partial charge in [0.25, 0.3) is 0 Å². The molecule has 0 saturated carbocycles. The van der Waals surface area contributed by atoms with Crippen molar-refractivity contribution in [2.75, 3.05) is 6.61 Å². The van der Waals surface area contributed by atoms with E-state index in [1.54, 1.807) is 32.9 Å². The van der Waals surface area contributed by atoms with E-state index in [9.17, 15) is 19.8 Å². The fraction of sp³-hybridized carbons (Fsp3) is 0.667. The molecule has 5 heteroatoms. The van der Waals surface area contributed by atoms with Gasteiger partial charge < -0.3 is 14.9 Å². The second-order valence-electron chi connectivity index (χ2n) is 7.10. The molecular formula is C18H30O5. The Morgan fingerprint density at radius 2 is 1.70 bits per heavy atom. The van der Waals surface area contributed by atoms with Crippen LogP contribution < -0.4 is 0 Å². The minimum atomic E-state index is -0.904. The van der Waals surface area contributed by atoms with Crippen molar-refractivity contribution < 1.29 is 24.5 Å². The zero-order valence-corrected chi connectivity index (χ0v) is 15.0. The number of hydrogen-bond acceptors (Lipinski definition) is 5. The smallest absolute Gasteiger partial charge is 0.302 e. The van der Waals surface area contributed by atoms with Gasteiger partial charge in [0.2, 0.25) is 0 Å². The van der Waals surface area contributed by atoms with Crippen LogP contribution in [-0.4, -0.2) is 40.8 Å². The van der Waals surface area contributed by atoms with E-state index in [1.165, 1.54) is 13.0 Å². The van der Waals surface area contributed by atoms with Crippen LogP contribution in [0.25, 0.3) is 0 Å². The van der Waals surface area contributed by atoms with Crippen LogP contribution in [0.2, 0.25) is 0 Å². The number of ketones is 1. The van der Waals surface area contributed by atoms with Gasteiger partial charge in [-0.05, 0) is 20.8 Å². The van der Waals surface area contributed by atoms with E-state index in [2.05, 4.69) is 0 Å². The second kappa shape index (κ2) is 8.99. The lowest BCUT2D eigenvalue weighted by atomic mass is 9.86. The van der Waals surface area contributed by atoms with E-state index in [1.807, 2.05) is 19.9 Å². The number of allylic oxidation sites excluding steroid dienone is 2. The van der Waals surface area contributed by atoms with Gasteiger partial charge in [-0.3, -0.25) is 9.59 Å². The van der Waals surface area contributed by atoms with Crippen LogP contribution in [0.15, 0.2) is 24.3 Å². The highest BCUT2D eigenvalue weighted by atomic mass is 16.5. The lowest BCUT2D eigenvalue weighted by Gasteiger charge is -2.23. The summed E-state index contributed by atoms with van der Waals surface area (Å²) < 4.78 is 4.87. The lowest BCUT2D eigenvalue weighted by molar-refractivity contribution is -0.147. The molecule has 0 aromatic rings. The fourth-order valence-electron chi connectivity index (χ4n) is 1.53. The molecule has 1 unspecified atom stereocenters. The van der Waals surface area contributed by atoms with Crippen molar-refractivity contribution in [3.05, 3.63) is 24.3 Å². The Kier molecular flexibility index (Phi) is 8.42. The van der Waals surface area contributed by atoms with Gasteiger partial charge in [0, 0.05) is 18.8 Å². The molecule has 0 aliphatic heterocycles. The van der Waals surface area contributed by atoms with E-state index in [4.69, 9.17) is 4.74 Å². The van der Waals surface area contributed by atoms with Gasteiger partial charge in [-0.2, -0.15) is 0 Å². The van der Waals surface area contributed by atoms with Gasteiger partial charge in [0.05, 0.1) is 17.6 Å². The van der Waals surface area contributed by atoms with Crippen LogP contribution in [0.5, 0.6) is 0 Å². The van der Waals surface area contributed by atoms with Crippen LogP contribution in [0.4, 0.5) is 0 Å². The fourth-order valence-corrected chi connectivity index (χ4v) is 1.53. The zero-order valence-electron chi connectivity index (χ0n) is 15.0. The molecule has 0 radical (unpaired) electrons. The van der Waals surface area contributed by atoms with Gasteiger partial charge in [-0.25, -0.2) is 0 Å². The average Bonchev–Trinajstić information content (AvgIpc) is 2.41. The van der Waals surface area contributed by atoms with Crippen molar-refractivity contribution in [3.63, 3.8) is 0 Å². The van der Waals surface area contributed by atoms with Crippen molar-refractivity contribution in [1.29, 1.82) is 0 Å². The summed E-state index contributed by atoms with van der Waals surface area (Å²) in [6, 6.07) is 0. The maximum atomic E-state index is 12.1. The zero-order chi connectivity index (χ0) is 18.3. The molecule has 5 nitrogen and oxygen atoms in total. The molecule has 23 heavy (non-hydrogen) atoms. The largest absolute Gasteiger partial charge is 0.465 e. The monoisotopic (exact) mass is 326 g/mol. The number of ether oxygens (including phenoxy) is 1. The molecule has 0 aromatic heterocycles. The van der Waals surface area contributed by atoms with Crippen LogP contribution >= 0.6 is 0 Å². The normalized spacial score (nSPS) is 15.8. The Morgan fingerprint density at radius 3 is 2.17 bits per heavy atom. The molecule has 0 saturated heterocycles. The number of aliphatic hydroxyl groups excluding tert-OH is 2. The van der Waals surface area contributed by atoms with Crippen molar-refractivity contribution in [2.24, 2.45) is 10.8 Å². The van der Waals surface area contributed by atoms with Crippen molar-refractivity contribution in [1.82, 2.24) is 0 Å². The second-order valence-corrected chi connectivity index (χ2v) is 7.10. The predicted octanol–water partition coefficient (Wildman–Crippen LogP) is 2.42. The number of carbonyl (C=O) groups is 2. The molecule has 0 rings (SSSR count). The molecule has 0 aliphatic carbocycles. The summed E-state index contributed by atoms with van der Waals surface area (Å²) in [4.78, 5) is 23.0. The summed E-state index contributed by atoms with van der Waals surface area (Å²) in [5.74, 6) is -0.610. The quantitative estimate of drug-likeness (QED) is 0.502. The number of esters is 1. The van der Waals surface area contributed by atoms with Gasteiger partial charge in [0.15, 0.2) is 0 Å². The van der Waals surface area contributed by atoms with E-state index in [0.29, 0.717) is 0 Å². The SMILES string of the molecule is CC(=O)OCC(C)(C)C(=O)CC(O)/C=C/C=C/C(C)(C)[C@H](C)O. The van der Waals surface area contributed by atoms with E-state index < -0.39 is 23.6 Å². The Hall–Kier alpha value is -1.46. The number of Topliss-reactive ketones (excluding diaryl/α,β-unsaturated/α-hetero) is 1. The third-order valence-electron chi connectivity index (χ3n) is 3.83. The van der Waals surface area contributed by atoms with Gasteiger partial charge in [-0.1, -0.05) is 38.2 Å². The molecule has 2 N–H and O–H groups in total. The minimum absolute atomic E-state index is 0.0000809. The first kappa shape index (κ1) is 21.5. The molecule has 2 atom stereocenters. The molecule has 0 spiro atoms. The Labute approximate surface area is 139 Å². The first-order valence-electron chi connectivity index (χ1n) is 7.77. The molecule has 0 aromatic carbocycles. The summed E-state index contributed by atoms with van der Waals surface area (Å²) in [7, 11) is 0. The van der Waals surface area contributed by atoms with Crippen LogP contribution in [0.3, 0.4) is 0 Å². The molecule has 0 bridgehead atoms. The predicted molar refractivity (Wildman–Crippen MR) is 89.8 cm³/mol. The number of rotatable bonds is 9. The topological polar surface area (TPSA) is 83.8 Å². The van der Waals surface area contributed by atoms with E-state index in [0.717, 1.165) is 0 Å². The average molecular weight is 326 g/mol. The standard InChI is InChI=1S/C18H30O5/c1-13(19)17(3,4)10-8-7-9-15(21)11-16(22)18(5,6)12-23-14(2)20/h7-10,13,15,19,21H,11-12H2,1-6H3/b9-7+,10-8+/t13-,15?/m0/s1. The van der Waals surface area contributed by atoms with Crippen LogP contribution in [-0.2, 0) is 14.3 Å². The van der Waals surface area contributed by atoms with Crippen LogP contribution in [0, 0.1) is 10.8 Å². The number of carbonyl (C=O) groups excluding carboxylic acids is 2. The Balaban J connectivity index is 4.51. The molecule has 0 amide bonds. The van der Waals surface area contributed by atoms with E-state index >= 15 is 0 Å². The van der Waals surface area contributed by atoms with Gasteiger partial charge in [0.1, 0.15) is 12.4 Å². The summed E-state index contributed by atoms with van der Waals surface area (Å²) in [6.07, 6.45) is 5.32. The highest BCUT2D eigenvalue weighted by molar-refractivity contribution is 5.85. The number of aliphatic hydroxyl groups is 2. The highest BCUT2D eigenvalue weighted by Gasteiger charge is 2.29. The van der Waals surface area contributed by atoms with Gasteiger partial charge >= 0.3 is 5.97 Å². The lowest BCUT2D eigenvalue weighted by Crippen LogP contribution is -2.32. The Bertz CT molecular complexity index is 458. The first-order valence-corrected chi connectivity index (χ1v) is 7.77. The minimum Gasteiger partial charge on any atom is -0.465 e. The summed E-state index contributed by atoms with van der Waals surface area (Å²) in [5, 5.41) is 19.5. The van der Waals surface area contributed by atoms with Crippen molar-refractivity contribution in [2.45, 2.75) is 60.2 Å². The van der Waals surface area contributed by atoms with Crippen molar-refractivity contribution in [3.8, 4) is 0 Å². The van der Waals surface area contributed by atoms with E-state index in [-0.39, 0.29) is 24.2 Å². The van der Waals surface area contributed by atoms with Crippen LogP contribution in [0.1, 0.15) is 48.0 Å². The Morgan fingerprint density at radius 1 is 1.13 bits per heavy atom. The number of hydrogen-bond donors (Lipinski definition) is 2. The molecule has 0 aliphatic rings. The van der Waals surface area contributed by atoms with Gasteiger partial charge in [-0.15, -0.1) is 0 Å². The third kappa shape index (κ3) is 8.67. The maximum absolute atomic E-state index is 12.1. The molecular weight excluding hydrogens is 296 g/mol. The maximum Gasteiger partial charge on any atom is 0.302 e. The third-order valence-corrected chi connectivity index (χ3v) is 3.83.